The van der Waals surface area contributed by atoms with Crippen LogP contribution < -0.4 is 0 Å². The summed E-state index contributed by atoms with van der Waals surface area (Å²) in [5, 5.41) is 4.59. The Balaban J connectivity index is 1.39. The van der Waals surface area contributed by atoms with E-state index in [0.717, 1.165) is 55.1 Å². The summed E-state index contributed by atoms with van der Waals surface area (Å²) in [6, 6.07) is 57.0. The van der Waals surface area contributed by atoms with Crippen LogP contribution >= 0.6 is 0 Å². The van der Waals surface area contributed by atoms with Crippen LogP contribution in [0, 0.1) is 0 Å². The van der Waals surface area contributed by atoms with Gasteiger partial charge in [0.15, 0.2) is 17.5 Å². The van der Waals surface area contributed by atoms with Gasteiger partial charge in [-0.1, -0.05) is 140 Å². The first-order chi connectivity index (χ1) is 21.8. The molecule has 0 amide bonds. The van der Waals surface area contributed by atoms with Gasteiger partial charge in [0.05, 0.1) is 0 Å². The van der Waals surface area contributed by atoms with Crippen LogP contribution in [-0.2, 0) is 0 Å². The van der Waals surface area contributed by atoms with Crippen molar-refractivity contribution < 1.29 is 0 Å². The molecule has 7 aromatic carbocycles. The van der Waals surface area contributed by atoms with Crippen molar-refractivity contribution in [2.24, 2.45) is 0 Å². The van der Waals surface area contributed by atoms with Crippen molar-refractivity contribution in [2.45, 2.75) is 0 Å². The van der Waals surface area contributed by atoms with Gasteiger partial charge < -0.3 is 0 Å². The molecule has 44 heavy (non-hydrogen) atoms. The minimum atomic E-state index is 0.640. The van der Waals surface area contributed by atoms with Gasteiger partial charge in [-0.25, -0.2) is 15.0 Å². The molecule has 8 aromatic rings. The molecule has 0 atom stereocenters. The van der Waals surface area contributed by atoms with Crippen molar-refractivity contribution in [1.82, 2.24) is 15.0 Å². The number of hydrogen-bond donors (Lipinski definition) is 0. The molecule has 0 saturated carbocycles. The first-order valence-corrected chi connectivity index (χ1v) is 14.8. The lowest BCUT2D eigenvalue weighted by atomic mass is 9.95. The molecule has 3 heteroatoms. The summed E-state index contributed by atoms with van der Waals surface area (Å²) in [5.74, 6) is 1.94. The Hall–Kier alpha value is -5.93. The second kappa shape index (κ2) is 11.0. The largest absolute Gasteiger partial charge is 0.208 e. The summed E-state index contributed by atoms with van der Waals surface area (Å²) in [6.07, 6.45) is 0. The molecule has 0 N–H and O–H groups in total. The van der Waals surface area contributed by atoms with Crippen molar-refractivity contribution >= 4 is 21.5 Å². The van der Waals surface area contributed by atoms with Gasteiger partial charge in [-0.2, -0.15) is 0 Å². The molecule has 206 valence electrons. The first kappa shape index (κ1) is 25.8. The van der Waals surface area contributed by atoms with E-state index in [2.05, 4.69) is 152 Å². The van der Waals surface area contributed by atoms with Gasteiger partial charge in [0.1, 0.15) is 0 Å². The van der Waals surface area contributed by atoms with Crippen LogP contribution in [-0.4, -0.2) is 15.0 Å². The van der Waals surface area contributed by atoms with E-state index in [9.17, 15) is 0 Å². The van der Waals surface area contributed by atoms with Gasteiger partial charge in [0.25, 0.3) is 0 Å². The molecule has 0 aliphatic carbocycles. The lowest BCUT2D eigenvalue weighted by Gasteiger charge is -2.13. The van der Waals surface area contributed by atoms with E-state index in [1.807, 2.05) is 12.1 Å². The van der Waals surface area contributed by atoms with Crippen LogP contribution in [0.15, 0.2) is 164 Å². The number of nitrogens with zero attached hydrogens (tertiary/aromatic N) is 3. The lowest BCUT2D eigenvalue weighted by Crippen LogP contribution is -2.01. The summed E-state index contributed by atoms with van der Waals surface area (Å²) in [4.78, 5) is 15.4. The summed E-state index contributed by atoms with van der Waals surface area (Å²) < 4.78 is 0. The molecule has 0 unspecified atom stereocenters. The fourth-order valence-corrected chi connectivity index (χ4v) is 5.85. The zero-order chi connectivity index (χ0) is 29.3. The predicted molar refractivity (Wildman–Crippen MR) is 182 cm³/mol. The Bertz CT molecular complexity index is 2210. The van der Waals surface area contributed by atoms with Crippen LogP contribution in [0.5, 0.6) is 0 Å². The Labute approximate surface area is 256 Å². The molecular formula is C41H27N3. The highest BCUT2D eigenvalue weighted by Crippen LogP contribution is 2.34. The fourth-order valence-electron chi connectivity index (χ4n) is 5.85. The third-order valence-corrected chi connectivity index (χ3v) is 8.08. The van der Waals surface area contributed by atoms with E-state index < -0.39 is 0 Å². The molecule has 1 aromatic heterocycles. The van der Waals surface area contributed by atoms with Crippen LogP contribution in [0.25, 0.3) is 78.0 Å². The highest BCUT2D eigenvalue weighted by molar-refractivity contribution is 5.95. The van der Waals surface area contributed by atoms with E-state index in [-0.39, 0.29) is 0 Å². The van der Waals surface area contributed by atoms with Crippen LogP contribution in [0.4, 0.5) is 0 Å². The van der Waals surface area contributed by atoms with Gasteiger partial charge in [-0.05, 0) is 68.1 Å². The second-order valence-electron chi connectivity index (χ2n) is 10.9. The molecule has 0 aliphatic rings. The van der Waals surface area contributed by atoms with Crippen LogP contribution in [0.2, 0.25) is 0 Å². The summed E-state index contributed by atoms with van der Waals surface area (Å²) in [7, 11) is 0. The average Bonchev–Trinajstić information content (AvgIpc) is 3.11. The van der Waals surface area contributed by atoms with Gasteiger partial charge >= 0.3 is 0 Å². The molecule has 0 aliphatic heterocycles. The third kappa shape index (κ3) is 4.91. The summed E-state index contributed by atoms with van der Waals surface area (Å²) in [5.41, 5.74) is 7.39. The Morgan fingerprint density at radius 1 is 0.273 bits per heavy atom. The number of fused-ring (bicyclic) bond motifs is 2. The maximum atomic E-state index is 5.16. The first-order valence-electron chi connectivity index (χ1n) is 14.8. The fraction of sp³-hybridized carbons (Fsp3) is 0. The predicted octanol–water partition coefficient (Wildman–Crippen LogP) is 10.5. The van der Waals surface area contributed by atoms with E-state index in [0.29, 0.717) is 17.5 Å². The molecule has 8 rings (SSSR count). The topological polar surface area (TPSA) is 38.7 Å². The maximum Gasteiger partial charge on any atom is 0.164 e. The van der Waals surface area contributed by atoms with Crippen molar-refractivity contribution in [3.8, 4) is 56.4 Å². The highest BCUT2D eigenvalue weighted by atomic mass is 15.0. The van der Waals surface area contributed by atoms with E-state index >= 15 is 0 Å². The highest BCUT2D eigenvalue weighted by Gasteiger charge is 2.16. The van der Waals surface area contributed by atoms with Gasteiger partial charge in [-0.3, -0.25) is 0 Å². The standard InChI is InChI=1S/C41H27N3/c1-3-12-28(13-4-1)34-25-35(29-14-5-2-6-15-29)27-36(26-34)40-42-39(33-23-22-30-16-7-8-18-32(30)24-33)43-41(44-40)38-21-11-19-31-17-9-10-20-37(31)38/h1-27H. The molecule has 0 saturated heterocycles. The van der Waals surface area contributed by atoms with Crippen LogP contribution in [0.3, 0.4) is 0 Å². The van der Waals surface area contributed by atoms with Crippen molar-refractivity contribution in [3.63, 3.8) is 0 Å². The third-order valence-electron chi connectivity index (χ3n) is 8.08. The zero-order valence-corrected chi connectivity index (χ0v) is 23.9. The number of benzene rings is 7. The number of aromatic nitrogens is 3. The molecule has 0 spiro atoms. The van der Waals surface area contributed by atoms with Crippen LogP contribution in [0.1, 0.15) is 0 Å². The van der Waals surface area contributed by atoms with Crippen molar-refractivity contribution in [3.05, 3.63) is 164 Å². The normalized spacial score (nSPS) is 11.2. The molecule has 1 heterocycles. The van der Waals surface area contributed by atoms with Crippen molar-refractivity contribution in [1.29, 1.82) is 0 Å². The smallest absolute Gasteiger partial charge is 0.164 e. The zero-order valence-electron chi connectivity index (χ0n) is 23.9. The average molecular weight is 562 g/mol. The van der Waals surface area contributed by atoms with Crippen molar-refractivity contribution in [2.75, 3.05) is 0 Å². The van der Waals surface area contributed by atoms with E-state index in [1.165, 1.54) is 5.39 Å². The monoisotopic (exact) mass is 561 g/mol. The van der Waals surface area contributed by atoms with E-state index in [1.54, 1.807) is 0 Å². The quantitative estimate of drug-likeness (QED) is 0.210. The van der Waals surface area contributed by atoms with E-state index in [4.69, 9.17) is 15.0 Å². The molecule has 0 bridgehead atoms. The molecular weight excluding hydrogens is 534 g/mol. The second-order valence-corrected chi connectivity index (χ2v) is 10.9. The maximum absolute atomic E-state index is 5.16. The summed E-state index contributed by atoms with van der Waals surface area (Å²) in [6.45, 7) is 0. The molecule has 0 radical (unpaired) electrons. The Morgan fingerprint density at radius 3 is 1.50 bits per heavy atom. The minimum Gasteiger partial charge on any atom is -0.208 e. The van der Waals surface area contributed by atoms with Gasteiger partial charge in [0, 0.05) is 16.7 Å². The Morgan fingerprint density at radius 2 is 0.795 bits per heavy atom. The van der Waals surface area contributed by atoms with Gasteiger partial charge in [-0.15, -0.1) is 0 Å². The number of hydrogen-bond acceptors (Lipinski definition) is 3. The lowest BCUT2D eigenvalue weighted by molar-refractivity contribution is 1.08. The number of rotatable bonds is 5. The minimum absolute atomic E-state index is 0.640. The SMILES string of the molecule is c1ccc(-c2cc(-c3ccccc3)cc(-c3nc(-c4ccc5ccccc5c4)nc(-c4cccc5ccccc45)n3)c2)cc1. The Kier molecular flexibility index (Phi) is 6.47. The molecule has 3 nitrogen and oxygen atoms in total. The summed E-state index contributed by atoms with van der Waals surface area (Å²) >= 11 is 0. The van der Waals surface area contributed by atoms with Gasteiger partial charge in [0.2, 0.25) is 0 Å². The molecule has 0 fully saturated rings.